The summed E-state index contributed by atoms with van der Waals surface area (Å²) in [5, 5.41) is 12.1. The Morgan fingerprint density at radius 1 is 1.03 bits per heavy atom. The number of allylic oxidation sites excluding steroid dienone is 1. The summed E-state index contributed by atoms with van der Waals surface area (Å²) < 4.78 is 28.9. The number of benzene rings is 2. The van der Waals surface area contributed by atoms with Crippen LogP contribution < -0.4 is 4.31 Å². The van der Waals surface area contributed by atoms with Crippen molar-refractivity contribution in [3.63, 3.8) is 0 Å². The largest absolute Gasteiger partial charge is 0.280 e. The summed E-state index contributed by atoms with van der Waals surface area (Å²) in [6.07, 6.45) is 6.66. The molecule has 1 saturated carbocycles. The Morgan fingerprint density at radius 2 is 1.79 bits per heavy atom. The van der Waals surface area contributed by atoms with Crippen LogP contribution in [0, 0.1) is 6.92 Å². The van der Waals surface area contributed by atoms with Crippen molar-refractivity contribution >= 4 is 33.3 Å². The molecule has 34 heavy (non-hydrogen) atoms. The second kappa shape index (κ2) is 7.96. The molecule has 172 valence electrons. The summed E-state index contributed by atoms with van der Waals surface area (Å²) in [5.74, 6) is 0.501. The van der Waals surface area contributed by atoms with Crippen LogP contribution in [0.4, 0.5) is 5.82 Å². The first kappa shape index (κ1) is 21.4. The summed E-state index contributed by atoms with van der Waals surface area (Å²) in [6.45, 7) is 1.95. The summed E-state index contributed by atoms with van der Waals surface area (Å²) in [5.41, 5.74) is 4.97. The van der Waals surface area contributed by atoms with E-state index in [1.807, 2.05) is 25.1 Å². The number of aromatic nitrogens is 2. The van der Waals surface area contributed by atoms with Gasteiger partial charge in [0.05, 0.1) is 4.90 Å². The molecular weight excluding hydrogens is 462 g/mol. The van der Waals surface area contributed by atoms with E-state index in [-0.39, 0.29) is 11.5 Å². The summed E-state index contributed by atoms with van der Waals surface area (Å²) in [4.78, 5) is 0.304. The topological polar surface area (TPSA) is 66.1 Å². The number of hydrogen-bond donors (Lipinski definition) is 1. The highest BCUT2D eigenvalue weighted by Gasteiger charge is 2.43. The van der Waals surface area contributed by atoms with E-state index in [0.29, 0.717) is 17.1 Å². The standard InChI is InChI=1S/C27H25N3O2S2/c1-19-7-11-23(12-8-19)34(31,32)30(22-9-10-22)26-24-13-15-27(17-25(24)28-29-26,21-14-16-33-18-21)20-5-3-2-4-6-20/h2-8,11-16,18,22H,9-10,17H2,1H3,(H,28,29). The van der Waals surface area contributed by atoms with Crippen LogP contribution in [-0.4, -0.2) is 24.7 Å². The highest BCUT2D eigenvalue weighted by Crippen LogP contribution is 2.45. The fourth-order valence-electron chi connectivity index (χ4n) is 4.85. The van der Waals surface area contributed by atoms with E-state index < -0.39 is 10.0 Å². The van der Waals surface area contributed by atoms with Gasteiger partial charge >= 0.3 is 0 Å². The first-order valence-corrected chi connectivity index (χ1v) is 13.8. The number of nitrogens with zero attached hydrogens (tertiary/aromatic N) is 2. The Hall–Kier alpha value is -3.16. The van der Waals surface area contributed by atoms with Gasteiger partial charge < -0.3 is 0 Å². The Balaban J connectivity index is 1.44. The third kappa shape index (κ3) is 3.42. The smallest absolute Gasteiger partial charge is 0.265 e. The average Bonchev–Trinajstić information content (AvgIpc) is 3.35. The van der Waals surface area contributed by atoms with E-state index in [2.05, 4.69) is 63.4 Å². The zero-order valence-corrected chi connectivity index (χ0v) is 20.4. The van der Waals surface area contributed by atoms with Crippen LogP contribution >= 0.6 is 11.3 Å². The molecule has 1 atom stereocenters. The van der Waals surface area contributed by atoms with E-state index in [4.69, 9.17) is 0 Å². The lowest BCUT2D eigenvalue weighted by Gasteiger charge is -2.34. The number of rotatable bonds is 6. The number of aryl methyl sites for hydroxylation is 1. The van der Waals surface area contributed by atoms with E-state index in [1.54, 1.807) is 23.5 Å². The zero-order valence-electron chi connectivity index (χ0n) is 18.8. The molecule has 0 bridgehead atoms. The van der Waals surface area contributed by atoms with Crippen molar-refractivity contribution < 1.29 is 8.42 Å². The van der Waals surface area contributed by atoms with Crippen molar-refractivity contribution in [1.29, 1.82) is 0 Å². The molecule has 0 spiro atoms. The minimum atomic E-state index is -3.72. The van der Waals surface area contributed by atoms with Gasteiger partial charge in [0.25, 0.3) is 10.0 Å². The maximum atomic E-state index is 13.7. The Labute approximate surface area is 203 Å². The van der Waals surface area contributed by atoms with Gasteiger partial charge in [-0.25, -0.2) is 12.7 Å². The first-order valence-electron chi connectivity index (χ1n) is 11.4. The minimum absolute atomic E-state index is 0.0511. The fourth-order valence-corrected chi connectivity index (χ4v) is 7.27. The number of fused-ring (bicyclic) bond motifs is 1. The van der Waals surface area contributed by atoms with E-state index in [0.717, 1.165) is 29.7 Å². The van der Waals surface area contributed by atoms with E-state index in [1.165, 1.54) is 15.4 Å². The molecule has 5 nitrogen and oxygen atoms in total. The predicted molar refractivity (Wildman–Crippen MR) is 137 cm³/mol. The van der Waals surface area contributed by atoms with E-state index in [9.17, 15) is 8.42 Å². The Morgan fingerprint density at radius 3 is 2.47 bits per heavy atom. The third-order valence-electron chi connectivity index (χ3n) is 6.84. The molecule has 2 aliphatic carbocycles. The molecule has 1 unspecified atom stereocenters. The van der Waals surface area contributed by atoms with Gasteiger partial charge in [-0.15, -0.1) is 0 Å². The lowest BCUT2D eigenvalue weighted by atomic mass is 9.69. The zero-order chi connectivity index (χ0) is 23.3. The van der Waals surface area contributed by atoms with Crippen LogP contribution in [0.3, 0.4) is 0 Å². The maximum absolute atomic E-state index is 13.7. The van der Waals surface area contributed by atoms with Crippen molar-refractivity contribution in [1.82, 2.24) is 10.2 Å². The first-order chi connectivity index (χ1) is 16.5. The van der Waals surface area contributed by atoms with Crippen LogP contribution in [-0.2, 0) is 21.9 Å². The molecule has 2 aromatic carbocycles. The van der Waals surface area contributed by atoms with Crippen LogP contribution in [0.2, 0.25) is 0 Å². The van der Waals surface area contributed by atoms with Crippen molar-refractivity contribution in [2.75, 3.05) is 4.31 Å². The number of hydrogen-bond acceptors (Lipinski definition) is 4. The Bertz CT molecular complexity index is 1450. The summed E-state index contributed by atoms with van der Waals surface area (Å²) >= 11 is 1.68. The monoisotopic (exact) mass is 487 g/mol. The van der Waals surface area contributed by atoms with Gasteiger partial charge in [-0.05, 0) is 59.9 Å². The van der Waals surface area contributed by atoms with Gasteiger partial charge in [-0.2, -0.15) is 16.4 Å². The van der Waals surface area contributed by atoms with Crippen LogP contribution in [0.25, 0.3) is 6.08 Å². The molecule has 2 aromatic heterocycles. The lowest BCUT2D eigenvalue weighted by Crippen LogP contribution is -2.34. The number of thiophene rings is 1. The predicted octanol–water partition coefficient (Wildman–Crippen LogP) is 5.69. The number of H-pyrrole nitrogens is 1. The molecule has 4 aromatic rings. The molecule has 7 heteroatoms. The third-order valence-corrected chi connectivity index (χ3v) is 9.38. The molecule has 1 N–H and O–H groups in total. The van der Waals surface area contributed by atoms with E-state index >= 15 is 0 Å². The number of sulfonamides is 1. The molecule has 0 amide bonds. The fraction of sp³-hybridized carbons (Fsp3) is 0.222. The Kier molecular flexibility index (Phi) is 5.00. The molecule has 2 aliphatic rings. The molecule has 6 rings (SSSR count). The van der Waals surface area contributed by atoms with Crippen LogP contribution in [0.5, 0.6) is 0 Å². The number of nitrogens with one attached hydrogen (secondary N) is 1. The van der Waals surface area contributed by atoms with Crippen molar-refractivity contribution in [3.05, 3.63) is 105 Å². The lowest BCUT2D eigenvalue weighted by molar-refractivity contribution is 0.589. The molecular formula is C27H25N3O2S2. The highest BCUT2D eigenvalue weighted by molar-refractivity contribution is 7.92. The quantitative estimate of drug-likeness (QED) is 0.380. The molecule has 0 aliphatic heterocycles. The molecule has 0 radical (unpaired) electrons. The minimum Gasteiger partial charge on any atom is -0.280 e. The molecule has 2 heterocycles. The van der Waals surface area contributed by atoms with Crippen molar-refractivity contribution in [2.24, 2.45) is 0 Å². The van der Waals surface area contributed by atoms with Gasteiger partial charge in [0, 0.05) is 29.1 Å². The molecule has 0 saturated heterocycles. The van der Waals surface area contributed by atoms with Crippen LogP contribution in [0.1, 0.15) is 40.8 Å². The normalized spacial score (nSPS) is 19.7. The van der Waals surface area contributed by atoms with Gasteiger partial charge in [-0.1, -0.05) is 60.2 Å². The highest BCUT2D eigenvalue weighted by atomic mass is 32.2. The van der Waals surface area contributed by atoms with Gasteiger partial charge in [-0.3, -0.25) is 5.10 Å². The average molecular weight is 488 g/mol. The van der Waals surface area contributed by atoms with Crippen LogP contribution in [0.15, 0.2) is 82.4 Å². The molecule has 1 fully saturated rings. The second-order valence-corrected chi connectivity index (χ2v) is 11.7. The number of aromatic amines is 1. The summed E-state index contributed by atoms with van der Waals surface area (Å²) in [6, 6.07) is 19.6. The van der Waals surface area contributed by atoms with Gasteiger partial charge in [0.1, 0.15) is 0 Å². The van der Waals surface area contributed by atoms with Crippen molar-refractivity contribution in [2.45, 2.75) is 42.5 Å². The van der Waals surface area contributed by atoms with Gasteiger partial charge in [0.15, 0.2) is 5.82 Å². The maximum Gasteiger partial charge on any atom is 0.265 e. The second-order valence-electron chi connectivity index (χ2n) is 9.14. The SMILES string of the molecule is Cc1ccc(S(=O)(=O)N(c2n[nH]c3c2C=CC(c2ccccc2)(c2ccsc2)C3)C2CC2)cc1. The summed E-state index contributed by atoms with van der Waals surface area (Å²) in [7, 11) is -3.72. The van der Waals surface area contributed by atoms with Crippen molar-refractivity contribution in [3.8, 4) is 0 Å². The number of anilines is 1. The van der Waals surface area contributed by atoms with Gasteiger partial charge in [0.2, 0.25) is 0 Å².